The molecule has 0 spiro atoms. The fourth-order valence-corrected chi connectivity index (χ4v) is 34.6. The van der Waals surface area contributed by atoms with Gasteiger partial charge in [0.05, 0.1) is 32.3 Å². The molecule has 0 radical (unpaired) electrons. The second-order valence-electron chi connectivity index (χ2n) is 16.3. The quantitative estimate of drug-likeness (QED) is 0.375. The first kappa shape index (κ1) is 19.5. The molecule has 0 bridgehead atoms. The van der Waals surface area contributed by atoms with Crippen LogP contribution in [0.1, 0.15) is 11.1 Å². The molecule has 8 aliphatic carbocycles. The minimum absolute atomic E-state index is 0.648. The highest BCUT2D eigenvalue weighted by molar-refractivity contribution is 6.97. The Morgan fingerprint density at radius 1 is 0.500 bits per heavy atom. The first-order chi connectivity index (χ1) is 13.4. The van der Waals surface area contributed by atoms with Gasteiger partial charge in [0.25, 0.3) is 0 Å². The lowest BCUT2D eigenvalue weighted by molar-refractivity contribution is 1.03. The average Bonchev–Trinajstić information content (AvgIpc) is 3.30. The monoisotopic (exact) mass is 466 g/mol. The van der Waals surface area contributed by atoms with E-state index in [9.17, 15) is 0 Å². The molecule has 4 heteroatoms. The van der Waals surface area contributed by atoms with E-state index in [-0.39, 0.29) is 0 Å². The van der Waals surface area contributed by atoms with Gasteiger partial charge in [0.1, 0.15) is 0 Å². The van der Waals surface area contributed by atoms with Gasteiger partial charge in [-0.3, -0.25) is 0 Å². The Labute approximate surface area is 188 Å². The molecule has 0 heterocycles. The molecule has 0 aromatic heterocycles. The van der Waals surface area contributed by atoms with Crippen LogP contribution >= 0.6 is 0 Å². The third kappa shape index (κ3) is 1.18. The Bertz CT molecular complexity index is 952. The van der Waals surface area contributed by atoms with Gasteiger partial charge >= 0.3 is 0 Å². The summed E-state index contributed by atoms with van der Waals surface area (Å²) in [5.74, 6) is 2.17. The van der Waals surface area contributed by atoms with E-state index in [1.807, 2.05) is 0 Å². The number of hydrogen-bond donors (Lipinski definition) is 0. The van der Waals surface area contributed by atoms with Gasteiger partial charge in [-0.2, -0.15) is 0 Å². The molecule has 1 aromatic carbocycles. The lowest BCUT2D eigenvalue weighted by atomic mass is 10.0. The van der Waals surface area contributed by atoms with Gasteiger partial charge in [-0.25, -0.2) is 0 Å². The summed E-state index contributed by atoms with van der Waals surface area (Å²) in [7, 11) is -4.59. The van der Waals surface area contributed by atoms with Crippen LogP contribution in [0.25, 0.3) is 0 Å². The van der Waals surface area contributed by atoms with Crippen LogP contribution in [0.15, 0.2) is 24.3 Å². The molecule has 0 nitrogen and oxygen atoms in total. The predicted molar refractivity (Wildman–Crippen MR) is 141 cm³/mol. The minimum atomic E-state index is -1.15. The van der Waals surface area contributed by atoms with Crippen molar-refractivity contribution < 1.29 is 0 Å². The molecule has 8 fully saturated rings. The zero-order chi connectivity index (χ0) is 22.1. The van der Waals surface area contributed by atoms with Gasteiger partial charge in [-0.1, -0.05) is 103 Å². The maximum Gasteiger partial charge on any atom is 0.0525 e. The second-order valence-corrected chi connectivity index (χ2v) is 37.4. The van der Waals surface area contributed by atoms with Gasteiger partial charge in [0.15, 0.2) is 0 Å². The Balaban J connectivity index is 1.33. The highest BCUT2D eigenvalue weighted by atomic mass is 28.3. The van der Waals surface area contributed by atoms with Crippen LogP contribution < -0.4 is 0 Å². The van der Waals surface area contributed by atoms with E-state index >= 15 is 0 Å². The van der Waals surface area contributed by atoms with Crippen LogP contribution in [0, 0.1) is 11.8 Å². The molecule has 4 atom stereocenters. The number of rotatable bonds is 6. The van der Waals surface area contributed by atoms with E-state index in [1.54, 1.807) is 11.1 Å². The summed E-state index contributed by atoms with van der Waals surface area (Å²) in [5, 5.41) is 3.17. The molecular formula is C26H42Si4. The molecule has 0 saturated heterocycles. The molecule has 4 unspecified atom stereocenters. The fourth-order valence-electron chi connectivity index (χ4n) is 12.4. The molecule has 8 aliphatic rings. The van der Waals surface area contributed by atoms with Crippen LogP contribution in [-0.4, -0.2) is 32.3 Å². The fraction of sp³-hybridized carbons (Fsp3) is 0.769. The smallest absolute Gasteiger partial charge is 0.0525 e. The molecule has 1 aromatic rings. The van der Waals surface area contributed by atoms with Crippen molar-refractivity contribution in [2.75, 3.05) is 0 Å². The Hall–Kier alpha value is 0.0875. The maximum absolute atomic E-state index is 2.81. The van der Waals surface area contributed by atoms with Crippen molar-refractivity contribution in [1.29, 1.82) is 0 Å². The molecule has 8 saturated carbocycles. The Morgan fingerprint density at radius 2 is 0.767 bits per heavy atom. The summed E-state index contributed by atoms with van der Waals surface area (Å²) < 4.78 is 0. The first-order valence-corrected chi connectivity index (χ1v) is 26.6. The first-order valence-electron chi connectivity index (χ1n) is 12.6. The summed E-state index contributed by atoms with van der Waals surface area (Å²) in [4.78, 5) is 0. The lowest BCUT2D eigenvalue weighted by Gasteiger charge is -2.20. The molecule has 0 amide bonds. The highest BCUT2D eigenvalue weighted by Gasteiger charge is 3.31. The summed E-state index contributed by atoms with van der Waals surface area (Å²) in [6.45, 7) is 32.2. The largest absolute Gasteiger partial charge is 0.0691 e. The summed E-state index contributed by atoms with van der Waals surface area (Å²) in [6.07, 6.45) is 0. The molecule has 162 valence electrons. The SMILES string of the molecule is C[Si](C)(C)C12C3C1(c1cccc(C45C6C4([Si](C)(C)C)C65[Si](C)(C)C)c1)C32[Si](C)(C)C. The van der Waals surface area contributed by atoms with Gasteiger partial charge in [0.2, 0.25) is 0 Å². The topological polar surface area (TPSA) is 0 Å². The van der Waals surface area contributed by atoms with Gasteiger partial charge < -0.3 is 0 Å². The number of hydrogen-bond acceptors (Lipinski definition) is 0. The zero-order valence-corrected chi connectivity index (χ0v) is 25.5. The summed E-state index contributed by atoms with van der Waals surface area (Å²) >= 11 is 0. The van der Waals surface area contributed by atoms with Crippen LogP contribution in [0.4, 0.5) is 0 Å². The van der Waals surface area contributed by atoms with Crippen molar-refractivity contribution in [1.82, 2.24) is 0 Å². The van der Waals surface area contributed by atoms with Crippen LogP contribution in [0.3, 0.4) is 0 Å². The average molecular weight is 467 g/mol. The predicted octanol–water partition coefficient (Wildman–Crippen LogP) is 7.79. The Morgan fingerprint density at radius 3 is 0.967 bits per heavy atom. The van der Waals surface area contributed by atoms with Crippen molar-refractivity contribution in [3.8, 4) is 0 Å². The van der Waals surface area contributed by atoms with Crippen LogP contribution in [0.5, 0.6) is 0 Å². The van der Waals surface area contributed by atoms with Crippen molar-refractivity contribution in [3.63, 3.8) is 0 Å². The van der Waals surface area contributed by atoms with E-state index in [2.05, 4.69) is 103 Å². The van der Waals surface area contributed by atoms with Crippen LogP contribution in [-0.2, 0) is 10.8 Å². The zero-order valence-electron chi connectivity index (χ0n) is 21.5. The van der Waals surface area contributed by atoms with Crippen LogP contribution in [0.2, 0.25) is 98.7 Å². The van der Waals surface area contributed by atoms with Crippen molar-refractivity contribution in [2.45, 2.75) is 110 Å². The van der Waals surface area contributed by atoms with E-state index in [0.717, 1.165) is 32.0 Å². The van der Waals surface area contributed by atoms with Crippen molar-refractivity contribution in [3.05, 3.63) is 35.4 Å². The summed E-state index contributed by atoms with van der Waals surface area (Å²) in [6, 6.07) is 10.4. The van der Waals surface area contributed by atoms with E-state index in [1.165, 1.54) is 0 Å². The maximum atomic E-state index is 2.81. The van der Waals surface area contributed by atoms with Crippen molar-refractivity contribution >= 4 is 32.3 Å². The van der Waals surface area contributed by atoms with Gasteiger partial charge in [-0.05, 0) is 43.1 Å². The van der Waals surface area contributed by atoms with E-state index in [4.69, 9.17) is 0 Å². The molecule has 9 rings (SSSR count). The third-order valence-corrected chi connectivity index (χ3v) is 26.5. The van der Waals surface area contributed by atoms with E-state index in [0.29, 0.717) is 10.8 Å². The Kier molecular flexibility index (Phi) is 2.58. The minimum Gasteiger partial charge on any atom is -0.0691 e. The lowest BCUT2D eigenvalue weighted by Crippen LogP contribution is -2.26. The number of benzene rings is 1. The van der Waals surface area contributed by atoms with Gasteiger partial charge in [-0.15, -0.1) is 0 Å². The van der Waals surface area contributed by atoms with E-state index < -0.39 is 32.3 Å². The molecular weight excluding hydrogens is 425 g/mol. The standard InChI is InChI=1S/C26H42Si4/c1-27(2,3)23-19-21(23,24(19,23)28(4,5)6)17-14-13-15-18(16-17)22-20-25(22,29(7,8)9)26(20,22)30(10,11)12/h13-16,19-20H,1-12H3. The van der Waals surface area contributed by atoms with Gasteiger partial charge in [0, 0.05) is 10.8 Å². The second kappa shape index (κ2) is 3.96. The summed E-state index contributed by atoms with van der Waals surface area (Å²) in [5.41, 5.74) is 4.90. The molecule has 30 heavy (non-hydrogen) atoms. The molecule has 0 aliphatic heterocycles. The normalized spacial score (nSPS) is 55.5. The molecule has 0 N–H and O–H groups in total. The third-order valence-electron chi connectivity index (χ3n) is 12.2. The van der Waals surface area contributed by atoms with Crippen molar-refractivity contribution in [2.24, 2.45) is 11.8 Å². The highest BCUT2D eigenvalue weighted by Crippen LogP contribution is 3.38.